The zero-order valence-electron chi connectivity index (χ0n) is 20.2. The summed E-state index contributed by atoms with van der Waals surface area (Å²) in [4.78, 5) is 40.1. The Hall–Kier alpha value is -4.17. The van der Waals surface area contributed by atoms with Crippen molar-refractivity contribution in [3.63, 3.8) is 0 Å². The van der Waals surface area contributed by atoms with E-state index in [9.17, 15) is 14.4 Å². The van der Waals surface area contributed by atoms with Crippen molar-refractivity contribution in [2.24, 2.45) is 0 Å². The van der Waals surface area contributed by atoms with Crippen LogP contribution in [0.3, 0.4) is 0 Å². The molecule has 8 nitrogen and oxygen atoms in total. The zero-order chi connectivity index (χ0) is 25.3. The number of hydrogen-bond donors (Lipinski definition) is 3. The molecule has 0 unspecified atom stereocenters. The predicted octanol–water partition coefficient (Wildman–Crippen LogP) is 3.78. The van der Waals surface area contributed by atoms with Crippen LogP contribution in [0.5, 0.6) is 5.75 Å². The third kappa shape index (κ3) is 6.70. The van der Waals surface area contributed by atoms with Crippen molar-refractivity contribution >= 4 is 29.1 Å². The number of nitrogens with one attached hydrogen (secondary N) is 3. The first-order valence-electron chi connectivity index (χ1n) is 11.9. The normalized spacial score (nSPS) is 14.0. The Balaban J connectivity index is 1.28. The highest BCUT2D eigenvalue weighted by Gasteiger charge is 2.23. The molecule has 0 bridgehead atoms. The summed E-state index contributed by atoms with van der Waals surface area (Å²) in [5, 5.41) is 8.82. The van der Waals surface area contributed by atoms with Gasteiger partial charge in [0.05, 0.1) is 24.9 Å². The van der Waals surface area contributed by atoms with Gasteiger partial charge in [-0.15, -0.1) is 0 Å². The molecule has 0 radical (unpaired) electrons. The van der Waals surface area contributed by atoms with E-state index in [1.165, 1.54) is 0 Å². The summed E-state index contributed by atoms with van der Waals surface area (Å²) in [6.07, 6.45) is 1.48. The topological polar surface area (TPSA) is 99.8 Å². The Morgan fingerprint density at radius 1 is 0.833 bits per heavy atom. The standard InChI is InChI=1S/C28H30N4O4/c1-36-23-13-11-20(12-14-23)27(34)31-25-10-6-5-9-24(25)28(35)30-22-15-17-32(18-16-22)19-26(33)29-21-7-3-2-4-8-21/h2-14,22H,15-19H2,1H3,(H,29,33)(H,30,35)(H,31,34). The van der Waals surface area contributed by atoms with Crippen LogP contribution in [0.4, 0.5) is 11.4 Å². The second-order valence-corrected chi connectivity index (χ2v) is 8.67. The highest BCUT2D eigenvalue weighted by Crippen LogP contribution is 2.19. The van der Waals surface area contributed by atoms with E-state index in [4.69, 9.17) is 4.74 Å². The molecule has 8 heteroatoms. The minimum atomic E-state index is -0.306. The molecule has 1 aliphatic heterocycles. The van der Waals surface area contributed by atoms with Crippen molar-refractivity contribution in [3.8, 4) is 5.75 Å². The lowest BCUT2D eigenvalue weighted by Crippen LogP contribution is -2.46. The molecule has 3 amide bonds. The van der Waals surface area contributed by atoms with E-state index in [1.807, 2.05) is 30.3 Å². The molecule has 3 aromatic rings. The largest absolute Gasteiger partial charge is 0.497 e. The van der Waals surface area contributed by atoms with Gasteiger partial charge in [0.25, 0.3) is 11.8 Å². The van der Waals surface area contributed by atoms with Crippen LogP contribution in [0, 0.1) is 0 Å². The van der Waals surface area contributed by atoms with Crippen molar-refractivity contribution < 1.29 is 19.1 Å². The summed E-state index contributed by atoms with van der Waals surface area (Å²) in [6.45, 7) is 1.74. The summed E-state index contributed by atoms with van der Waals surface area (Å²) in [5.74, 6) is 0.0697. The molecule has 1 saturated heterocycles. The Morgan fingerprint density at radius 2 is 1.50 bits per heavy atom. The van der Waals surface area contributed by atoms with Gasteiger partial charge in [0.1, 0.15) is 5.75 Å². The fourth-order valence-corrected chi connectivity index (χ4v) is 4.15. The van der Waals surface area contributed by atoms with Gasteiger partial charge in [0, 0.05) is 30.4 Å². The first kappa shape index (κ1) is 24.9. The Kier molecular flexibility index (Phi) is 8.31. The molecule has 186 valence electrons. The van der Waals surface area contributed by atoms with Crippen molar-refractivity contribution in [2.45, 2.75) is 18.9 Å². The van der Waals surface area contributed by atoms with Gasteiger partial charge in [-0.3, -0.25) is 19.3 Å². The number of methoxy groups -OCH3 is 1. The molecule has 0 saturated carbocycles. The van der Waals surface area contributed by atoms with Gasteiger partial charge < -0.3 is 20.7 Å². The van der Waals surface area contributed by atoms with Gasteiger partial charge in [0.15, 0.2) is 0 Å². The van der Waals surface area contributed by atoms with Gasteiger partial charge in [-0.1, -0.05) is 30.3 Å². The van der Waals surface area contributed by atoms with Crippen LogP contribution in [-0.4, -0.2) is 55.4 Å². The average molecular weight is 487 g/mol. The molecule has 0 atom stereocenters. The number of amides is 3. The highest BCUT2D eigenvalue weighted by atomic mass is 16.5. The van der Waals surface area contributed by atoms with Crippen LogP contribution in [0.1, 0.15) is 33.6 Å². The van der Waals surface area contributed by atoms with E-state index >= 15 is 0 Å². The average Bonchev–Trinajstić information content (AvgIpc) is 2.90. The summed E-state index contributed by atoms with van der Waals surface area (Å²) >= 11 is 0. The summed E-state index contributed by atoms with van der Waals surface area (Å²) in [6, 6.07) is 23.1. The minimum absolute atomic E-state index is 0.00344. The lowest BCUT2D eigenvalue weighted by molar-refractivity contribution is -0.117. The van der Waals surface area contributed by atoms with E-state index in [1.54, 1.807) is 55.6 Å². The Labute approximate surface area is 210 Å². The van der Waals surface area contributed by atoms with Crippen LogP contribution in [0.15, 0.2) is 78.9 Å². The molecule has 3 N–H and O–H groups in total. The van der Waals surface area contributed by atoms with Gasteiger partial charge in [0.2, 0.25) is 5.91 Å². The molecular formula is C28H30N4O4. The summed E-state index contributed by atoms with van der Waals surface area (Å²) < 4.78 is 5.13. The van der Waals surface area contributed by atoms with Gasteiger partial charge >= 0.3 is 0 Å². The van der Waals surface area contributed by atoms with Crippen molar-refractivity contribution in [1.29, 1.82) is 0 Å². The second-order valence-electron chi connectivity index (χ2n) is 8.67. The quantitative estimate of drug-likeness (QED) is 0.450. The number of piperidine rings is 1. The lowest BCUT2D eigenvalue weighted by Gasteiger charge is -2.32. The maximum absolute atomic E-state index is 13.0. The number of likely N-dealkylation sites (tertiary alicyclic amines) is 1. The molecule has 1 aliphatic rings. The maximum Gasteiger partial charge on any atom is 0.255 e. The Bertz CT molecular complexity index is 1190. The third-order valence-electron chi connectivity index (χ3n) is 6.12. The second kappa shape index (κ2) is 12.0. The molecule has 0 spiro atoms. The minimum Gasteiger partial charge on any atom is -0.497 e. The molecule has 36 heavy (non-hydrogen) atoms. The number of hydrogen-bond acceptors (Lipinski definition) is 5. The van der Waals surface area contributed by atoms with Gasteiger partial charge in [-0.05, 0) is 61.4 Å². The number of nitrogens with zero attached hydrogens (tertiary/aromatic N) is 1. The number of rotatable bonds is 8. The molecule has 0 aromatic heterocycles. The maximum atomic E-state index is 13.0. The van der Waals surface area contributed by atoms with E-state index in [2.05, 4.69) is 20.9 Å². The van der Waals surface area contributed by atoms with Crippen LogP contribution in [0.2, 0.25) is 0 Å². The summed E-state index contributed by atoms with van der Waals surface area (Å²) in [7, 11) is 1.57. The first-order valence-corrected chi connectivity index (χ1v) is 11.9. The fourth-order valence-electron chi connectivity index (χ4n) is 4.15. The molecule has 3 aromatic carbocycles. The van der Waals surface area contributed by atoms with Crippen molar-refractivity contribution in [2.75, 3.05) is 37.4 Å². The Morgan fingerprint density at radius 3 is 2.19 bits per heavy atom. The van der Waals surface area contributed by atoms with E-state index in [0.717, 1.165) is 18.5 Å². The van der Waals surface area contributed by atoms with E-state index < -0.39 is 0 Å². The lowest BCUT2D eigenvalue weighted by atomic mass is 10.0. The number of ether oxygens (including phenoxy) is 1. The number of carbonyl (C=O) groups excluding carboxylic acids is 3. The number of benzene rings is 3. The van der Waals surface area contributed by atoms with Crippen molar-refractivity contribution in [3.05, 3.63) is 90.0 Å². The SMILES string of the molecule is COc1ccc(C(=O)Nc2ccccc2C(=O)NC2CCN(CC(=O)Nc3ccccc3)CC2)cc1. The van der Waals surface area contributed by atoms with Gasteiger partial charge in [-0.25, -0.2) is 0 Å². The first-order chi connectivity index (χ1) is 17.5. The van der Waals surface area contributed by atoms with Crippen LogP contribution >= 0.6 is 0 Å². The zero-order valence-corrected chi connectivity index (χ0v) is 20.2. The molecule has 4 rings (SSSR count). The molecular weight excluding hydrogens is 456 g/mol. The highest BCUT2D eigenvalue weighted by molar-refractivity contribution is 6.09. The van der Waals surface area contributed by atoms with E-state index in [0.29, 0.717) is 42.2 Å². The van der Waals surface area contributed by atoms with E-state index in [-0.39, 0.29) is 23.8 Å². The van der Waals surface area contributed by atoms with Crippen LogP contribution in [-0.2, 0) is 4.79 Å². The molecule has 1 heterocycles. The smallest absolute Gasteiger partial charge is 0.255 e. The summed E-state index contributed by atoms with van der Waals surface area (Å²) in [5.41, 5.74) is 2.10. The third-order valence-corrected chi connectivity index (χ3v) is 6.12. The van der Waals surface area contributed by atoms with Crippen molar-refractivity contribution in [1.82, 2.24) is 10.2 Å². The molecule has 0 aliphatic carbocycles. The predicted molar refractivity (Wildman–Crippen MR) is 139 cm³/mol. The number of para-hydroxylation sites is 2. The van der Waals surface area contributed by atoms with Crippen LogP contribution < -0.4 is 20.7 Å². The molecule has 1 fully saturated rings. The van der Waals surface area contributed by atoms with Crippen LogP contribution in [0.25, 0.3) is 0 Å². The number of carbonyl (C=O) groups is 3. The van der Waals surface area contributed by atoms with Gasteiger partial charge in [-0.2, -0.15) is 0 Å². The number of anilines is 2. The fraction of sp³-hybridized carbons (Fsp3) is 0.250. The monoisotopic (exact) mass is 486 g/mol.